The first-order valence-electron chi connectivity index (χ1n) is 7.97. The van der Waals surface area contributed by atoms with E-state index in [-0.39, 0.29) is 11.3 Å². The number of aryl methyl sites for hydroxylation is 1. The third-order valence-corrected chi connectivity index (χ3v) is 4.54. The molecule has 25 heavy (non-hydrogen) atoms. The van der Waals surface area contributed by atoms with E-state index in [1.165, 1.54) is 0 Å². The van der Waals surface area contributed by atoms with Crippen molar-refractivity contribution in [1.29, 1.82) is 0 Å². The quantitative estimate of drug-likeness (QED) is 0.744. The molecule has 0 unspecified atom stereocenters. The largest absolute Gasteiger partial charge is 0.481 e. The number of benzene rings is 2. The number of fused-ring (bicyclic) bond motifs is 2. The number of ketones is 1. The van der Waals surface area contributed by atoms with Crippen LogP contribution in [-0.2, 0) is 17.6 Å². The fraction of sp³-hybridized carbons (Fsp3) is 0.150. The molecule has 2 aromatic carbocycles. The topological polar surface area (TPSA) is 84.6 Å². The van der Waals surface area contributed by atoms with Gasteiger partial charge in [-0.25, -0.2) is 4.79 Å². The molecule has 1 aliphatic rings. The zero-order chi connectivity index (χ0) is 17.6. The zero-order valence-electron chi connectivity index (χ0n) is 13.2. The van der Waals surface area contributed by atoms with Gasteiger partial charge in [0.2, 0.25) is 0 Å². The van der Waals surface area contributed by atoms with E-state index in [2.05, 4.69) is 0 Å². The Morgan fingerprint density at radius 2 is 1.84 bits per heavy atom. The molecule has 0 atom stereocenters. The van der Waals surface area contributed by atoms with Gasteiger partial charge in [0, 0.05) is 22.9 Å². The molecule has 124 valence electrons. The number of carbonyl (C=O) groups excluding carboxylic acids is 1. The first-order chi connectivity index (χ1) is 12.0. The summed E-state index contributed by atoms with van der Waals surface area (Å²) >= 11 is 0. The SMILES string of the molecule is O=C(O)Cc1c(-c2ccccc2)c2cc3c(cc2oc1=O)C(=O)CC3. The first-order valence-corrected chi connectivity index (χ1v) is 7.97. The van der Waals surface area contributed by atoms with Gasteiger partial charge >= 0.3 is 11.6 Å². The highest BCUT2D eigenvalue weighted by atomic mass is 16.4. The van der Waals surface area contributed by atoms with Crippen LogP contribution in [0.4, 0.5) is 0 Å². The van der Waals surface area contributed by atoms with Crippen LogP contribution in [0.25, 0.3) is 22.1 Å². The maximum Gasteiger partial charge on any atom is 0.340 e. The summed E-state index contributed by atoms with van der Waals surface area (Å²) in [6.07, 6.45) is 0.669. The van der Waals surface area contributed by atoms with Gasteiger partial charge in [0.25, 0.3) is 0 Å². The summed E-state index contributed by atoms with van der Waals surface area (Å²) in [7, 11) is 0. The molecular formula is C20H14O5. The number of carboxylic acid groups (broad SMARTS) is 1. The molecule has 0 amide bonds. The summed E-state index contributed by atoms with van der Waals surface area (Å²) in [4.78, 5) is 35.6. The zero-order valence-corrected chi connectivity index (χ0v) is 13.2. The number of carbonyl (C=O) groups is 2. The van der Waals surface area contributed by atoms with Gasteiger partial charge in [-0.2, -0.15) is 0 Å². The smallest absolute Gasteiger partial charge is 0.340 e. The van der Waals surface area contributed by atoms with E-state index in [4.69, 9.17) is 4.42 Å². The van der Waals surface area contributed by atoms with Crippen LogP contribution in [0.1, 0.15) is 27.9 Å². The molecule has 0 bridgehead atoms. The summed E-state index contributed by atoms with van der Waals surface area (Å²) in [6.45, 7) is 0. The fourth-order valence-electron chi connectivity index (χ4n) is 3.43. The normalized spacial score (nSPS) is 13.2. The van der Waals surface area contributed by atoms with E-state index in [0.717, 1.165) is 11.1 Å². The van der Waals surface area contributed by atoms with Crippen molar-refractivity contribution in [3.63, 3.8) is 0 Å². The Bertz CT molecular complexity index is 1080. The molecular weight excluding hydrogens is 320 g/mol. The molecule has 1 heterocycles. The van der Waals surface area contributed by atoms with Crippen LogP contribution in [0.5, 0.6) is 0 Å². The molecule has 1 aliphatic carbocycles. The maximum atomic E-state index is 12.4. The number of carboxylic acids is 1. The first kappa shape index (κ1) is 15.3. The van der Waals surface area contributed by atoms with Gasteiger partial charge in [-0.05, 0) is 29.7 Å². The Labute approximate surface area is 142 Å². The van der Waals surface area contributed by atoms with Gasteiger partial charge in [-0.15, -0.1) is 0 Å². The van der Waals surface area contributed by atoms with E-state index < -0.39 is 18.0 Å². The second-order valence-electron chi connectivity index (χ2n) is 6.11. The molecule has 0 saturated carbocycles. The van der Waals surface area contributed by atoms with Crippen LogP contribution >= 0.6 is 0 Å². The average molecular weight is 334 g/mol. The van der Waals surface area contributed by atoms with Gasteiger partial charge in [-0.1, -0.05) is 30.3 Å². The summed E-state index contributed by atoms with van der Waals surface area (Å²) < 4.78 is 5.36. The molecule has 1 aromatic heterocycles. The molecule has 0 spiro atoms. The number of Topliss-reactive ketones (excluding diaryl/α,β-unsaturated/α-hetero) is 1. The summed E-state index contributed by atoms with van der Waals surface area (Å²) in [6, 6.07) is 12.6. The van der Waals surface area contributed by atoms with Crippen molar-refractivity contribution in [3.05, 3.63) is 69.6 Å². The maximum absolute atomic E-state index is 12.4. The lowest BCUT2D eigenvalue weighted by Crippen LogP contribution is -2.15. The Morgan fingerprint density at radius 3 is 2.56 bits per heavy atom. The van der Waals surface area contributed by atoms with E-state index in [1.807, 2.05) is 36.4 Å². The van der Waals surface area contributed by atoms with E-state index in [1.54, 1.807) is 6.07 Å². The van der Waals surface area contributed by atoms with Crippen molar-refractivity contribution in [2.45, 2.75) is 19.3 Å². The molecule has 1 N–H and O–H groups in total. The van der Waals surface area contributed by atoms with Crippen molar-refractivity contribution in [1.82, 2.24) is 0 Å². The molecule has 5 heteroatoms. The lowest BCUT2D eigenvalue weighted by Gasteiger charge is -2.12. The van der Waals surface area contributed by atoms with Crippen molar-refractivity contribution in [2.75, 3.05) is 0 Å². The Hall–Kier alpha value is -3.21. The minimum atomic E-state index is -1.10. The lowest BCUT2D eigenvalue weighted by atomic mass is 9.93. The Morgan fingerprint density at radius 1 is 1.08 bits per heavy atom. The number of hydrogen-bond acceptors (Lipinski definition) is 4. The molecule has 0 saturated heterocycles. The predicted octanol–water partition coefficient (Wildman–Crippen LogP) is 3.22. The van der Waals surface area contributed by atoms with Crippen LogP contribution in [0, 0.1) is 0 Å². The highest BCUT2D eigenvalue weighted by Crippen LogP contribution is 2.34. The third-order valence-electron chi connectivity index (χ3n) is 4.54. The highest BCUT2D eigenvalue weighted by molar-refractivity contribution is 6.06. The molecule has 4 rings (SSSR count). The monoisotopic (exact) mass is 334 g/mol. The van der Waals surface area contributed by atoms with Gasteiger partial charge in [-0.3, -0.25) is 9.59 Å². The molecule has 3 aromatic rings. The third kappa shape index (κ3) is 2.54. The summed E-state index contributed by atoms with van der Waals surface area (Å²) in [5.41, 5.74) is 2.56. The molecule has 0 fully saturated rings. The minimum Gasteiger partial charge on any atom is -0.481 e. The minimum absolute atomic E-state index is 0.0374. The summed E-state index contributed by atoms with van der Waals surface area (Å²) in [5, 5.41) is 9.86. The predicted molar refractivity (Wildman–Crippen MR) is 91.9 cm³/mol. The lowest BCUT2D eigenvalue weighted by molar-refractivity contribution is -0.136. The van der Waals surface area contributed by atoms with Crippen LogP contribution in [0.2, 0.25) is 0 Å². The van der Waals surface area contributed by atoms with Crippen molar-refractivity contribution >= 4 is 22.7 Å². The van der Waals surface area contributed by atoms with Gasteiger partial charge < -0.3 is 9.52 Å². The van der Waals surface area contributed by atoms with Gasteiger partial charge in [0.05, 0.1) is 12.0 Å². The Kier molecular flexibility index (Phi) is 3.50. The van der Waals surface area contributed by atoms with Crippen LogP contribution in [0.3, 0.4) is 0 Å². The molecule has 0 aliphatic heterocycles. The number of hydrogen-bond donors (Lipinski definition) is 1. The molecule has 5 nitrogen and oxygen atoms in total. The van der Waals surface area contributed by atoms with Gasteiger partial charge in [0.1, 0.15) is 5.58 Å². The second kappa shape index (κ2) is 5.70. The van der Waals surface area contributed by atoms with E-state index in [9.17, 15) is 19.5 Å². The van der Waals surface area contributed by atoms with E-state index >= 15 is 0 Å². The summed E-state index contributed by atoms with van der Waals surface area (Å²) in [5.74, 6) is -1.06. The van der Waals surface area contributed by atoms with Crippen molar-refractivity contribution in [2.24, 2.45) is 0 Å². The number of rotatable bonds is 3. The van der Waals surface area contributed by atoms with Gasteiger partial charge in [0.15, 0.2) is 5.78 Å². The highest BCUT2D eigenvalue weighted by Gasteiger charge is 2.24. The fourth-order valence-corrected chi connectivity index (χ4v) is 3.43. The van der Waals surface area contributed by atoms with Crippen LogP contribution in [-0.4, -0.2) is 16.9 Å². The van der Waals surface area contributed by atoms with Crippen molar-refractivity contribution in [3.8, 4) is 11.1 Å². The van der Waals surface area contributed by atoms with Crippen molar-refractivity contribution < 1.29 is 19.1 Å². The standard InChI is InChI=1S/C20H14O5/c21-16-7-6-12-8-14-17(9-13(12)16)25-20(24)15(10-18(22)23)19(14)11-4-2-1-3-5-11/h1-5,8-9H,6-7,10H2,(H,22,23). The second-order valence-corrected chi connectivity index (χ2v) is 6.11. The van der Waals surface area contributed by atoms with Crippen LogP contribution in [0.15, 0.2) is 51.7 Å². The van der Waals surface area contributed by atoms with E-state index in [0.29, 0.717) is 34.9 Å². The Balaban J connectivity index is 2.11. The number of aliphatic carboxylic acids is 1. The van der Waals surface area contributed by atoms with Crippen LogP contribution < -0.4 is 5.63 Å². The average Bonchev–Trinajstić information content (AvgIpc) is 2.95. The molecule has 0 radical (unpaired) electrons.